The lowest BCUT2D eigenvalue weighted by Gasteiger charge is -2.28. The average molecular weight is 444 g/mol. The summed E-state index contributed by atoms with van der Waals surface area (Å²) >= 11 is 0. The summed E-state index contributed by atoms with van der Waals surface area (Å²) in [7, 11) is 0. The Labute approximate surface area is 197 Å². The van der Waals surface area contributed by atoms with Crippen LogP contribution in [0.25, 0.3) is 0 Å². The summed E-state index contributed by atoms with van der Waals surface area (Å²) in [4.78, 5) is 2.36. The third-order valence-corrected chi connectivity index (χ3v) is 5.99. The van der Waals surface area contributed by atoms with Crippen molar-refractivity contribution < 1.29 is 14.2 Å². The van der Waals surface area contributed by atoms with Gasteiger partial charge in [-0.05, 0) is 16.7 Å². The Bertz CT molecular complexity index is 948. The van der Waals surface area contributed by atoms with Gasteiger partial charge in [-0.2, -0.15) is 0 Å². The molecular weight excluding hydrogens is 410 g/mol. The van der Waals surface area contributed by atoms with E-state index in [4.69, 9.17) is 14.2 Å². The van der Waals surface area contributed by atoms with Gasteiger partial charge < -0.3 is 14.2 Å². The molecule has 4 nitrogen and oxygen atoms in total. The summed E-state index contributed by atoms with van der Waals surface area (Å²) in [5.41, 5.74) is 3.49. The first-order chi connectivity index (χ1) is 16.3. The van der Waals surface area contributed by atoms with Crippen molar-refractivity contribution in [2.75, 3.05) is 19.7 Å². The van der Waals surface area contributed by atoms with E-state index in [0.717, 1.165) is 18.7 Å². The summed E-state index contributed by atoms with van der Waals surface area (Å²) in [6.45, 7) is 7.80. The van der Waals surface area contributed by atoms with Crippen LogP contribution < -0.4 is 0 Å². The van der Waals surface area contributed by atoms with Crippen LogP contribution in [0.5, 0.6) is 0 Å². The average Bonchev–Trinajstić information content (AvgIpc) is 3.19. The highest BCUT2D eigenvalue weighted by Crippen LogP contribution is 2.27. The Morgan fingerprint density at radius 3 is 1.79 bits per heavy atom. The molecule has 1 heterocycles. The van der Waals surface area contributed by atoms with Gasteiger partial charge in [0.2, 0.25) is 0 Å². The summed E-state index contributed by atoms with van der Waals surface area (Å²) in [5.74, 6) is 0. The van der Waals surface area contributed by atoms with Crippen molar-refractivity contribution in [2.24, 2.45) is 0 Å². The minimum Gasteiger partial charge on any atom is -0.375 e. The summed E-state index contributed by atoms with van der Waals surface area (Å²) in [5, 5.41) is 0. The lowest BCUT2D eigenvalue weighted by atomic mass is 10.1. The van der Waals surface area contributed by atoms with E-state index in [1.807, 2.05) is 60.7 Å². The second kappa shape index (κ2) is 12.5. The SMILES string of the molecule is C=CCN1CC(OCc2ccccc2)C(OCc2ccccc2)C1COCc1ccccc1. The van der Waals surface area contributed by atoms with Crippen molar-refractivity contribution in [2.45, 2.75) is 38.1 Å². The van der Waals surface area contributed by atoms with Crippen molar-refractivity contribution in [1.29, 1.82) is 0 Å². The maximum atomic E-state index is 6.50. The fourth-order valence-corrected chi connectivity index (χ4v) is 4.28. The summed E-state index contributed by atoms with van der Waals surface area (Å²) in [6, 6.07) is 31.0. The monoisotopic (exact) mass is 443 g/mol. The van der Waals surface area contributed by atoms with E-state index in [1.54, 1.807) is 0 Å². The fraction of sp³-hybridized carbons (Fsp3) is 0.310. The molecule has 0 bridgehead atoms. The highest BCUT2D eigenvalue weighted by molar-refractivity contribution is 5.15. The molecule has 33 heavy (non-hydrogen) atoms. The molecule has 4 rings (SSSR count). The van der Waals surface area contributed by atoms with Gasteiger partial charge in [0.1, 0.15) is 6.10 Å². The molecule has 3 aromatic rings. The molecule has 0 aliphatic carbocycles. The predicted molar refractivity (Wildman–Crippen MR) is 132 cm³/mol. The minimum absolute atomic E-state index is 0.0424. The Hall–Kier alpha value is -2.76. The van der Waals surface area contributed by atoms with Crippen LogP contribution in [0.15, 0.2) is 104 Å². The van der Waals surface area contributed by atoms with E-state index in [0.29, 0.717) is 26.4 Å². The van der Waals surface area contributed by atoms with Gasteiger partial charge in [0.25, 0.3) is 0 Å². The van der Waals surface area contributed by atoms with Crippen molar-refractivity contribution in [3.05, 3.63) is 120 Å². The zero-order valence-corrected chi connectivity index (χ0v) is 19.1. The first kappa shape index (κ1) is 23.4. The Balaban J connectivity index is 1.45. The highest BCUT2D eigenvalue weighted by atomic mass is 16.5. The molecule has 1 saturated heterocycles. The minimum atomic E-state index is -0.0929. The van der Waals surface area contributed by atoms with Crippen LogP contribution in [0, 0.1) is 0 Å². The molecule has 1 aliphatic rings. The van der Waals surface area contributed by atoms with Crippen molar-refractivity contribution in [3.8, 4) is 0 Å². The largest absolute Gasteiger partial charge is 0.375 e. The number of rotatable bonds is 12. The molecule has 0 saturated carbocycles. The van der Waals surface area contributed by atoms with Gasteiger partial charge in [-0.15, -0.1) is 6.58 Å². The molecule has 3 aromatic carbocycles. The molecule has 3 unspecified atom stereocenters. The Kier molecular flexibility index (Phi) is 8.84. The van der Waals surface area contributed by atoms with Crippen LogP contribution in [0.3, 0.4) is 0 Å². The molecular formula is C29H33NO3. The normalized spacial score (nSPS) is 20.7. The van der Waals surface area contributed by atoms with E-state index >= 15 is 0 Å². The van der Waals surface area contributed by atoms with Gasteiger partial charge in [0.15, 0.2) is 0 Å². The van der Waals surface area contributed by atoms with E-state index in [2.05, 4.69) is 47.9 Å². The second-order valence-electron chi connectivity index (χ2n) is 8.41. The Morgan fingerprint density at radius 2 is 1.24 bits per heavy atom. The fourth-order valence-electron chi connectivity index (χ4n) is 4.28. The molecule has 4 heteroatoms. The van der Waals surface area contributed by atoms with E-state index in [-0.39, 0.29) is 18.2 Å². The van der Waals surface area contributed by atoms with Crippen LogP contribution >= 0.6 is 0 Å². The molecule has 1 fully saturated rings. The molecule has 1 aliphatic heterocycles. The molecule has 0 radical (unpaired) electrons. The third-order valence-electron chi connectivity index (χ3n) is 5.99. The Morgan fingerprint density at radius 1 is 0.727 bits per heavy atom. The predicted octanol–water partition coefficient (Wildman–Crippen LogP) is 5.24. The number of nitrogens with zero attached hydrogens (tertiary/aromatic N) is 1. The zero-order valence-electron chi connectivity index (χ0n) is 19.1. The first-order valence-electron chi connectivity index (χ1n) is 11.6. The van der Waals surface area contributed by atoms with Gasteiger partial charge in [-0.25, -0.2) is 0 Å². The summed E-state index contributed by atoms with van der Waals surface area (Å²) < 4.78 is 19.1. The highest BCUT2D eigenvalue weighted by Gasteiger charge is 2.43. The van der Waals surface area contributed by atoms with Crippen LogP contribution in [0.4, 0.5) is 0 Å². The van der Waals surface area contributed by atoms with E-state index in [9.17, 15) is 0 Å². The zero-order chi connectivity index (χ0) is 22.7. The molecule has 3 atom stereocenters. The van der Waals surface area contributed by atoms with Crippen LogP contribution in [0.1, 0.15) is 16.7 Å². The maximum Gasteiger partial charge on any atom is 0.103 e. The molecule has 0 spiro atoms. The van der Waals surface area contributed by atoms with Crippen LogP contribution in [-0.4, -0.2) is 42.8 Å². The lowest BCUT2D eigenvalue weighted by molar-refractivity contribution is -0.0814. The van der Waals surface area contributed by atoms with Gasteiger partial charge in [0.05, 0.1) is 38.6 Å². The topological polar surface area (TPSA) is 30.9 Å². The van der Waals surface area contributed by atoms with Gasteiger partial charge in [-0.1, -0.05) is 97.1 Å². The van der Waals surface area contributed by atoms with Crippen LogP contribution in [-0.2, 0) is 34.0 Å². The molecule has 0 amide bonds. The molecule has 0 N–H and O–H groups in total. The van der Waals surface area contributed by atoms with E-state index in [1.165, 1.54) is 11.1 Å². The van der Waals surface area contributed by atoms with Crippen molar-refractivity contribution in [3.63, 3.8) is 0 Å². The first-order valence-corrected chi connectivity index (χ1v) is 11.6. The lowest BCUT2D eigenvalue weighted by Crippen LogP contribution is -2.41. The van der Waals surface area contributed by atoms with Gasteiger partial charge >= 0.3 is 0 Å². The summed E-state index contributed by atoms with van der Waals surface area (Å²) in [6.07, 6.45) is 1.81. The second-order valence-corrected chi connectivity index (χ2v) is 8.41. The number of ether oxygens (including phenoxy) is 3. The van der Waals surface area contributed by atoms with Gasteiger partial charge in [-0.3, -0.25) is 4.90 Å². The van der Waals surface area contributed by atoms with Crippen molar-refractivity contribution >= 4 is 0 Å². The molecule has 172 valence electrons. The number of benzene rings is 3. The number of likely N-dealkylation sites (tertiary alicyclic amines) is 1. The quantitative estimate of drug-likeness (QED) is 0.358. The van der Waals surface area contributed by atoms with Crippen LogP contribution in [0.2, 0.25) is 0 Å². The smallest absolute Gasteiger partial charge is 0.103 e. The van der Waals surface area contributed by atoms with Gasteiger partial charge in [0, 0.05) is 13.1 Å². The van der Waals surface area contributed by atoms with Crippen molar-refractivity contribution in [1.82, 2.24) is 4.90 Å². The third kappa shape index (κ3) is 6.86. The van der Waals surface area contributed by atoms with E-state index < -0.39 is 0 Å². The maximum absolute atomic E-state index is 6.50. The standard InChI is InChI=1S/C29H33NO3/c1-2-18-30-19-28(32-21-25-14-8-4-9-15-25)29(33-22-26-16-10-5-11-17-26)27(30)23-31-20-24-12-6-3-7-13-24/h2-17,27-29H,1,18-23H2. The number of hydrogen-bond donors (Lipinski definition) is 0. The molecule has 0 aromatic heterocycles. The number of hydrogen-bond acceptors (Lipinski definition) is 4.